The Hall–Kier alpha value is -3.05. The molecule has 0 spiro atoms. The minimum absolute atomic E-state index is 0.000850. The number of carbonyl (C=O) groups excluding carboxylic acids is 1. The third kappa shape index (κ3) is 6.68. The van der Waals surface area contributed by atoms with Gasteiger partial charge in [0.25, 0.3) is 0 Å². The Labute approximate surface area is 225 Å². The fraction of sp³-hybridized carbons (Fsp3) is 0.321. The Balaban J connectivity index is 1.55. The van der Waals surface area contributed by atoms with E-state index >= 15 is 0 Å². The number of para-hydroxylation sites is 1. The highest BCUT2D eigenvalue weighted by Gasteiger charge is 2.34. The second-order valence-corrected chi connectivity index (χ2v) is 13.4. The molecule has 1 saturated carbocycles. The summed E-state index contributed by atoms with van der Waals surface area (Å²) in [5.41, 5.74) is 1.43. The van der Waals surface area contributed by atoms with E-state index in [1.165, 1.54) is 39.9 Å². The standard InChI is InChI=1S/C28H33N3O5S2/c1-30(21-23-11-5-2-6-12-23)37(33,34)26-17-19-27(20-18-26)38(35,36)31(25-15-9-4-10-16-25)22-28(32)29-24-13-7-3-8-14-24/h2-3,5-8,11-14,17-20,25H,4,9-10,15-16,21-22H2,1H3,(H,29,32). The maximum atomic E-state index is 13.7. The predicted molar refractivity (Wildman–Crippen MR) is 147 cm³/mol. The van der Waals surface area contributed by atoms with Crippen LogP contribution in [-0.4, -0.2) is 51.0 Å². The van der Waals surface area contributed by atoms with Crippen molar-refractivity contribution in [2.24, 2.45) is 0 Å². The summed E-state index contributed by atoms with van der Waals surface area (Å²) in [6.45, 7) is -0.128. The van der Waals surface area contributed by atoms with Gasteiger partial charge < -0.3 is 5.32 Å². The molecule has 0 heterocycles. The molecule has 0 bridgehead atoms. The summed E-state index contributed by atoms with van der Waals surface area (Å²) in [5.74, 6) is -0.424. The van der Waals surface area contributed by atoms with Crippen molar-refractivity contribution in [1.29, 1.82) is 0 Å². The van der Waals surface area contributed by atoms with Gasteiger partial charge in [0.05, 0.1) is 16.3 Å². The summed E-state index contributed by atoms with van der Waals surface area (Å²) in [4.78, 5) is 12.8. The lowest BCUT2D eigenvalue weighted by molar-refractivity contribution is -0.116. The Kier molecular flexibility index (Phi) is 8.99. The minimum Gasteiger partial charge on any atom is -0.325 e. The number of anilines is 1. The molecule has 1 aliphatic carbocycles. The number of carbonyl (C=O) groups is 1. The monoisotopic (exact) mass is 555 g/mol. The number of sulfonamides is 2. The largest absolute Gasteiger partial charge is 0.325 e. The molecule has 0 unspecified atom stereocenters. The van der Waals surface area contributed by atoms with Crippen molar-refractivity contribution in [2.45, 2.75) is 54.5 Å². The molecule has 1 amide bonds. The zero-order chi connectivity index (χ0) is 27.2. The lowest BCUT2D eigenvalue weighted by Crippen LogP contribution is -2.45. The summed E-state index contributed by atoms with van der Waals surface area (Å²) in [5, 5.41) is 2.77. The lowest BCUT2D eigenvalue weighted by atomic mass is 9.95. The second kappa shape index (κ2) is 12.2. The van der Waals surface area contributed by atoms with Crippen LogP contribution in [-0.2, 0) is 31.4 Å². The zero-order valence-electron chi connectivity index (χ0n) is 21.4. The van der Waals surface area contributed by atoms with Crippen LogP contribution in [0.3, 0.4) is 0 Å². The van der Waals surface area contributed by atoms with Crippen LogP contribution in [0.4, 0.5) is 5.69 Å². The van der Waals surface area contributed by atoms with Crippen LogP contribution < -0.4 is 5.32 Å². The summed E-state index contributed by atoms with van der Waals surface area (Å²) >= 11 is 0. The fourth-order valence-corrected chi connectivity index (χ4v) is 7.47. The zero-order valence-corrected chi connectivity index (χ0v) is 23.0. The number of hydrogen-bond donors (Lipinski definition) is 1. The number of hydrogen-bond acceptors (Lipinski definition) is 5. The van der Waals surface area contributed by atoms with E-state index in [0.29, 0.717) is 18.5 Å². The first-order chi connectivity index (χ1) is 18.2. The van der Waals surface area contributed by atoms with Crippen molar-refractivity contribution in [3.63, 3.8) is 0 Å². The van der Waals surface area contributed by atoms with Gasteiger partial charge in [0.2, 0.25) is 26.0 Å². The number of nitrogens with one attached hydrogen (secondary N) is 1. The SMILES string of the molecule is CN(Cc1ccccc1)S(=O)(=O)c1ccc(S(=O)(=O)N(CC(=O)Nc2ccccc2)C2CCCCC2)cc1. The van der Waals surface area contributed by atoms with E-state index in [2.05, 4.69) is 5.32 Å². The van der Waals surface area contributed by atoms with Gasteiger partial charge in [0.1, 0.15) is 0 Å². The molecule has 0 atom stereocenters. The van der Waals surface area contributed by atoms with E-state index in [4.69, 9.17) is 0 Å². The molecule has 8 nitrogen and oxygen atoms in total. The van der Waals surface area contributed by atoms with Crippen LogP contribution in [0, 0.1) is 0 Å². The molecular formula is C28H33N3O5S2. The van der Waals surface area contributed by atoms with Crippen molar-refractivity contribution < 1.29 is 21.6 Å². The first-order valence-corrected chi connectivity index (χ1v) is 15.5. The molecule has 0 saturated heterocycles. The molecule has 1 aliphatic rings. The van der Waals surface area contributed by atoms with Gasteiger partial charge in [-0.1, -0.05) is 67.8 Å². The molecule has 3 aromatic rings. The number of rotatable bonds is 10. The van der Waals surface area contributed by atoms with Crippen molar-refractivity contribution >= 4 is 31.6 Å². The van der Waals surface area contributed by atoms with Gasteiger partial charge in [-0.05, 0) is 54.8 Å². The van der Waals surface area contributed by atoms with Crippen LogP contribution in [0.5, 0.6) is 0 Å². The van der Waals surface area contributed by atoms with Gasteiger partial charge in [-0.2, -0.15) is 8.61 Å². The minimum atomic E-state index is -4.06. The smallest absolute Gasteiger partial charge is 0.243 e. The molecule has 4 rings (SSSR count). The highest BCUT2D eigenvalue weighted by Crippen LogP contribution is 2.29. The Morgan fingerprint density at radius 3 is 1.87 bits per heavy atom. The Morgan fingerprint density at radius 1 is 0.763 bits per heavy atom. The van der Waals surface area contributed by atoms with E-state index in [9.17, 15) is 21.6 Å². The normalized spacial score (nSPS) is 15.0. The molecule has 0 aliphatic heterocycles. The van der Waals surface area contributed by atoms with Crippen LogP contribution in [0.2, 0.25) is 0 Å². The highest BCUT2D eigenvalue weighted by atomic mass is 32.2. The van der Waals surface area contributed by atoms with E-state index in [1.807, 2.05) is 36.4 Å². The van der Waals surface area contributed by atoms with Crippen molar-refractivity contribution in [3.8, 4) is 0 Å². The molecule has 3 aromatic carbocycles. The van der Waals surface area contributed by atoms with Gasteiger partial charge >= 0.3 is 0 Å². The summed E-state index contributed by atoms with van der Waals surface area (Å²) in [7, 11) is -6.40. The van der Waals surface area contributed by atoms with Crippen LogP contribution in [0.25, 0.3) is 0 Å². The molecule has 38 heavy (non-hydrogen) atoms. The summed E-state index contributed by atoms with van der Waals surface area (Å²) in [6.07, 6.45) is 4.16. The Bertz CT molecular complexity index is 1420. The fourth-order valence-electron chi connectivity index (χ4n) is 4.67. The van der Waals surface area contributed by atoms with Gasteiger partial charge in [-0.25, -0.2) is 16.8 Å². The van der Waals surface area contributed by atoms with Crippen LogP contribution in [0.15, 0.2) is 94.7 Å². The molecule has 1 N–H and O–H groups in total. The van der Waals surface area contributed by atoms with Crippen molar-refractivity contribution in [1.82, 2.24) is 8.61 Å². The predicted octanol–water partition coefficient (Wildman–Crippen LogP) is 4.47. The first-order valence-electron chi connectivity index (χ1n) is 12.6. The molecule has 202 valence electrons. The average molecular weight is 556 g/mol. The summed E-state index contributed by atoms with van der Waals surface area (Å²) < 4.78 is 56.2. The van der Waals surface area contributed by atoms with E-state index in [0.717, 1.165) is 24.8 Å². The maximum absolute atomic E-state index is 13.7. The van der Waals surface area contributed by atoms with Gasteiger partial charge in [0, 0.05) is 25.3 Å². The molecule has 1 fully saturated rings. The van der Waals surface area contributed by atoms with Crippen molar-refractivity contribution in [2.75, 3.05) is 18.9 Å². The third-order valence-corrected chi connectivity index (χ3v) is 10.5. The van der Waals surface area contributed by atoms with Crippen molar-refractivity contribution in [3.05, 3.63) is 90.5 Å². The van der Waals surface area contributed by atoms with Crippen LogP contribution >= 0.6 is 0 Å². The second-order valence-electron chi connectivity index (χ2n) is 9.47. The van der Waals surface area contributed by atoms with Gasteiger partial charge in [-0.3, -0.25) is 4.79 Å². The first kappa shape index (κ1) is 28.0. The topological polar surface area (TPSA) is 104 Å². The Morgan fingerprint density at radius 2 is 1.29 bits per heavy atom. The highest BCUT2D eigenvalue weighted by molar-refractivity contribution is 7.89. The molecule has 0 radical (unpaired) electrons. The van der Waals surface area contributed by atoms with E-state index < -0.39 is 26.0 Å². The molecule has 0 aromatic heterocycles. The van der Waals surface area contributed by atoms with Gasteiger partial charge in [0.15, 0.2) is 0 Å². The lowest BCUT2D eigenvalue weighted by Gasteiger charge is -2.33. The maximum Gasteiger partial charge on any atom is 0.243 e. The molecular weight excluding hydrogens is 522 g/mol. The quantitative estimate of drug-likeness (QED) is 0.398. The van der Waals surface area contributed by atoms with E-state index in [1.54, 1.807) is 24.3 Å². The summed E-state index contributed by atoms with van der Waals surface area (Å²) in [6, 6.07) is 23.1. The average Bonchev–Trinajstić information content (AvgIpc) is 2.93. The number of amides is 1. The number of benzene rings is 3. The van der Waals surface area contributed by atoms with Gasteiger partial charge in [-0.15, -0.1) is 0 Å². The van der Waals surface area contributed by atoms with Crippen LogP contribution in [0.1, 0.15) is 37.7 Å². The third-order valence-electron chi connectivity index (χ3n) is 6.73. The number of nitrogens with zero attached hydrogens (tertiary/aromatic N) is 2. The van der Waals surface area contributed by atoms with E-state index in [-0.39, 0.29) is 28.9 Å². The molecule has 10 heteroatoms.